The van der Waals surface area contributed by atoms with Crippen molar-refractivity contribution >= 4 is 5.91 Å². The molecule has 76 valence electrons. The van der Waals surface area contributed by atoms with Crippen LogP contribution in [0.25, 0.3) is 0 Å². The zero-order valence-corrected chi connectivity index (χ0v) is 9.05. The third-order valence-corrected chi connectivity index (χ3v) is 2.41. The SMILES string of the molecule is CN(CC1CCN1)C(=O)C(C)(C)C. The van der Waals surface area contributed by atoms with Gasteiger partial charge in [0.25, 0.3) is 0 Å². The van der Waals surface area contributed by atoms with Crippen LogP contribution in [0, 0.1) is 5.41 Å². The summed E-state index contributed by atoms with van der Waals surface area (Å²) in [5.41, 5.74) is -0.251. The summed E-state index contributed by atoms with van der Waals surface area (Å²) in [4.78, 5) is 13.6. The van der Waals surface area contributed by atoms with Crippen LogP contribution in [0.2, 0.25) is 0 Å². The maximum absolute atomic E-state index is 11.7. The molecule has 0 saturated carbocycles. The van der Waals surface area contributed by atoms with E-state index in [0.717, 1.165) is 13.1 Å². The Morgan fingerprint density at radius 3 is 2.38 bits per heavy atom. The molecule has 1 atom stereocenters. The van der Waals surface area contributed by atoms with Gasteiger partial charge in [0.1, 0.15) is 0 Å². The van der Waals surface area contributed by atoms with Crippen LogP contribution in [-0.2, 0) is 4.79 Å². The van der Waals surface area contributed by atoms with Crippen molar-refractivity contribution in [2.75, 3.05) is 20.1 Å². The van der Waals surface area contributed by atoms with E-state index in [1.54, 1.807) is 0 Å². The van der Waals surface area contributed by atoms with Crippen LogP contribution < -0.4 is 5.32 Å². The van der Waals surface area contributed by atoms with E-state index >= 15 is 0 Å². The molecule has 1 amide bonds. The van der Waals surface area contributed by atoms with Crippen molar-refractivity contribution in [3.05, 3.63) is 0 Å². The molecule has 3 nitrogen and oxygen atoms in total. The molecule has 0 spiro atoms. The Labute approximate surface area is 80.5 Å². The summed E-state index contributed by atoms with van der Waals surface area (Å²) >= 11 is 0. The summed E-state index contributed by atoms with van der Waals surface area (Å²) in [6, 6.07) is 0.524. The van der Waals surface area contributed by atoms with Crippen LogP contribution in [0.5, 0.6) is 0 Å². The van der Waals surface area contributed by atoms with Gasteiger partial charge in [-0.05, 0) is 13.0 Å². The van der Waals surface area contributed by atoms with Gasteiger partial charge in [-0.3, -0.25) is 4.79 Å². The minimum Gasteiger partial charge on any atom is -0.344 e. The molecule has 0 aliphatic carbocycles. The van der Waals surface area contributed by atoms with Crippen LogP contribution in [0.15, 0.2) is 0 Å². The van der Waals surface area contributed by atoms with Gasteiger partial charge >= 0.3 is 0 Å². The van der Waals surface area contributed by atoms with Crippen molar-refractivity contribution in [2.45, 2.75) is 33.2 Å². The van der Waals surface area contributed by atoms with E-state index in [2.05, 4.69) is 5.32 Å². The van der Waals surface area contributed by atoms with Crippen molar-refractivity contribution in [3.8, 4) is 0 Å². The van der Waals surface area contributed by atoms with Crippen LogP contribution >= 0.6 is 0 Å². The average Bonchev–Trinajstić information content (AvgIpc) is 1.93. The largest absolute Gasteiger partial charge is 0.344 e. The second-order valence-electron chi connectivity index (χ2n) is 4.88. The number of carbonyl (C=O) groups excluding carboxylic acids is 1. The molecule has 0 aromatic heterocycles. The van der Waals surface area contributed by atoms with Crippen molar-refractivity contribution in [3.63, 3.8) is 0 Å². The molecule has 0 radical (unpaired) electrons. The number of hydrogen-bond donors (Lipinski definition) is 1. The van der Waals surface area contributed by atoms with Gasteiger partial charge in [-0.15, -0.1) is 0 Å². The molecule has 13 heavy (non-hydrogen) atoms. The molecule has 1 aliphatic heterocycles. The van der Waals surface area contributed by atoms with E-state index in [1.165, 1.54) is 6.42 Å². The Bertz CT molecular complexity index is 192. The highest BCUT2D eigenvalue weighted by Crippen LogP contribution is 2.17. The lowest BCUT2D eigenvalue weighted by Gasteiger charge is -2.34. The Balaban J connectivity index is 2.37. The fourth-order valence-corrected chi connectivity index (χ4v) is 1.49. The summed E-state index contributed by atoms with van der Waals surface area (Å²) in [7, 11) is 1.88. The van der Waals surface area contributed by atoms with E-state index in [4.69, 9.17) is 0 Å². The Kier molecular flexibility index (Phi) is 2.96. The van der Waals surface area contributed by atoms with Gasteiger partial charge in [0.15, 0.2) is 0 Å². The minimum absolute atomic E-state index is 0.223. The van der Waals surface area contributed by atoms with Gasteiger partial charge in [0, 0.05) is 25.0 Å². The highest BCUT2D eigenvalue weighted by Gasteiger charge is 2.27. The topological polar surface area (TPSA) is 32.3 Å². The first-order valence-electron chi connectivity index (χ1n) is 4.90. The fourth-order valence-electron chi connectivity index (χ4n) is 1.49. The van der Waals surface area contributed by atoms with Gasteiger partial charge in [0.2, 0.25) is 5.91 Å². The highest BCUT2D eigenvalue weighted by atomic mass is 16.2. The fraction of sp³-hybridized carbons (Fsp3) is 0.900. The third-order valence-electron chi connectivity index (χ3n) is 2.41. The molecule has 1 fully saturated rings. The van der Waals surface area contributed by atoms with Gasteiger partial charge < -0.3 is 10.2 Å². The van der Waals surface area contributed by atoms with Crippen LogP contribution in [0.3, 0.4) is 0 Å². The molecule has 3 heteroatoms. The van der Waals surface area contributed by atoms with Crippen molar-refractivity contribution in [1.82, 2.24) is 10.2 Å². The van der Waals surface area contributed by atoms with Crippen molar-refractivity contribution < 1.29 is 4.79 Å². The summed E-state index contributed by atoms with van der Waals surface area (Å²) in [5.74, 6) is 0.223. The minimum atomic E-state index is -0.251. The summed E-state index contributed by atoms with van der Waals surface area (Å²) in [5, 5.41) is 3.29. The molecule has 0 aromatic carbocycles. The molecule has 1 aliphatic rings. The predicted molar refractivity (Wildman–Crippen MR) is 53.5 cm³/mol. The van der Waals surface area contributed by atoms with Crippen molar-refractivity contribution in [2.24, 2.45) is 5.41 Å². The van der Waals surface area contributed by atoms with E-state index in [1.807, 2.05) is 32.7 Å². The molecule has 1 saturated heterocycles. The first-order valence-corrected chi connectivity index (χ1v) is 4.90. The monoisotopic (exact) mass is 184 g/mol. The van der Waals surface area contributed by atoms with Gasteiger partial charge in [-0.1, -0.05) is 20.8 Å². The summed E-state index contributed by atoms with van der Waals surface area (Å²) in [6.07, 6.45) is 1.20. The van der Waals surface area contributed by atoms with E-state index in [0.29, 0.717) is 6.04 Å². The standard InChI is InChI=1S/C10H20N2O/c1-10(2,3)9(13)12(4)7-8-5-6-11-8/h8,11H,5-7H2,1-4H3. The molecule has 1 N–H and O–H groups in total. The smallest absolute Gasteiger partial charge is 0.227 e. The van der Waals surface area contributed by atoms with Gasteiger partial charge in [-0.2, -0.15) is 0 Å². The summed E-state index contributed by atoms with van der Waals surface area (Å²) < 4.78 is 0. The molecule has 1 unspecified atom stereocenters. The zero-order valence-electron chi connectivity index (χ0n) is 9.05. The number of nitrogens with zero attached hydrogens (tertiary/aromatic N) is 1. The predicted octanol–water partition coefficient (Wildman–Crippen LogP) is 0.853. The lowest BCUT2D eigenvalue weighted by atomic mass is 9.94. The molecule has 0 aromatic rings. The first-order chi connectivity index (χ1) is 5.91. The molecular weight excluding hydrogens is 164 g/mol. The Morgan fingerprint density at radius 1 is 1.54 bits per heavy atom. The molecular formula is C10H20N2O. The first kappa shape index (κ1) is 10.5. The van der Waals surface area contributed by atoms with Gasteiger partial charge in [0.05, 0.1) is 0 Å². The molecule has 0 bridgehead atoms. The van der Waals surface area contributed by atoms with Crippen molar-refractivity contribution in [1.29, 1.82) is 0 Å². The maximum atomic E-state index is 11.7. The lowest BCUT2D eigenvalue weighted by molar-refractivity contribution is -0.138. The quantitative estimate of drug-likeness (QED) is 0.690. The third kappa shape index (κ3) is 2.69. The van der Waals surface area contributed by atoms with Crippen LogP contribution in [0.1, 0.15) is 27.2 Å². The van der Waals surface area contributed by atoms with E-state index in [9.17, 15) is 4.79 Å². The average molecular weight is 184 g/mol. The normalized spacial score (nSPS) is 22.3. The number of likely N-dealkylation sites (N-methyl/N-ethyl adjacent to an activating group) is 1. The van der Waals surface area contributed by atoms with Gasteiger partial charge in [-0.25, -0.2) is 0 Å². The Hall–Kier alpha value is -0.570. The number of nitrogens with one attached hydrogen (secondary N) is 1. The Morgan fingerprint density at radius 2 is 2.08 bits per heavy atom. The van der Waals surface area contributed by atoms with Crippen LogP contribution in [-0.4, -0.2) is 37.0 Å². The lowest BCUT2D eigenvalue weighted by Crippen LogP contribution is -2.52. The number of amides is 1. The second-order valence-corrected chi connectivity index (χ2v) is 4.88. The number of hydrogen-bond acceptors (Lipinski definition) is 2. The zero-order chi connectivity index (χ0) is 10.1. The van der Waals surface area contributed by atoms with E-state index in [-0.39, 0.29) is 11.3 Å². The number of carbonyl (C=O) groups is 1. The second kappa shape index (κ2) is 3.66. The summed E-state index contributed by atoms with van der Waals surface area (Å²) in [6.45, 7) is 7.82. The molecule has 1 rings (SSSR count). The highest BCUT2D eigenvalue weighted by molar-refractivity contribution is 5.81. The maximum Gasteiger partial charge on any atom is 0.227 e. The van der Waals surface area contributed by atoms with E-state index < -0.39 is 0 Å². The number of rotatable bonds is 2. The van der Waals surface area contributed by atoms with Crippen LogP contribution in [0.4, 0.5) is 0 Å². The molecule has 1 heterocycles.